The molecule has 1 heterocycles. The van der Waals surface area contributed by atoms with E-state index in [1.54, 1.807) is 14.0 Å². The van der Waals surface area contributed by atoms with Crippen molar-refractivity contribution < 1.29 is 18.5 Å². The van der Waals surface area contributed by atoms with Gasteiger partial charge in [-0.25, -0.2) is 4.21 Å². The molecule has 2 aromatic rings. The van der Waals surface area contributed by atoms with E-state index in [-0.39, 0.29) is 17.6 Å². The predicted octanol–water partition coefficient (Wildman–Crippen LogP) is 4.46. The number of ether oxygens (including phenoxy) is 2. The summed E-state index contributed by atoms with van der Waals surface area (Å²) in [5.41, 5.74) is 2.47. The van der Waals surface area contributed by atoms with Crippen molar-refractivity contribution in [3.63, 3.8) is 0 Å². The number of methoxy groups -OCH3 is 1. The molecule has 0 saturated carbocycles. The van der Waals surface area contributed by atoms with Gasteiger partial charge in [0.15, 0.2) is 0 Å². The summed E-state index contributed by atoms with van der Waals surface area (Å²) < 4.78 is 29.3. The van der Waals surface area contributed by atoms with Gasteiger partial charge in [0.25, 0.3) is 0 Å². The monoisotopic (exact) mass is 387 g/mol. The highest BCUT2D eigenvalue weighted by atomic mass is 32.2. The first-order chi connectivity index (χ1) is 12.9. The number of hydrogen-bond donors (Lipinski definition) is 0. The van der Waals surface area contributed by atoms with E-state index < -0.39 is 15.6 Å². The smallest absolute Gasteiger partial charge is 0.309 e. The predicted molar refractivity (Wildman–Crippen MR) is 106 cm³/mol. The highest BCUT2D eigenvalue weighted by molar-refractivity contribution is 7.93. The molecule has 0 saturated heterocycles. The second kappa shape index (κ2) is 7.72. The Labute approximate surface area is 160 Å². The lowest BCUT2D eigenvalue weighted by atomic mass is 9.86. The van der Waals surface area contributed by atoms with Crippen molar-refractivity contribution in [2.24, 2.45) is 10.3 Å². The number of carbonyl (C=O) groups is 1. The molecule has 6 heteroatoms. The Kier molecular flexibility index (Phi) is 5.56. The lowest BCUT2D eigenvalue weighted by Gasteiger charge is -2.30. The molecular weight excluding hydrogens is 362 g/mol. The second-order valence-electron chi connectivity index (χ2n) is 6.76. The Morgan fingerprint density at radius 2 is 2.00 bits per heavy atom. The first kappa shape index (κ1) is 19.4. The molecule has 0 fully saturated rings. The molecule has 3 rings (SSSR count). The summed E-state index contributed by atoms with van der Waals surface area (Å²) in [7, 11) is -1.16. The van der Waals surface area contributed by atoms with Crippen LogP contribution in [0.25, 0.3) is 0 Å². The van der Waals surface area contributed by atoms with Gasteiger partial charge < -0.3 is 9.47 Å². The van der Waals surface area contributed by atoms with E-state index in [1.807, 2.05) is 56.3 Å². The van der Waals surface area contributed by atoms with Gasteiger partial charge in [0.1, 0.15) is 11.4 Å². The minimum absolute atomic E-state index is 0.266. The third-order valence-electron chi connectivity index (χ3n) is 4.89. The van der Waals surface area contributed by atoms with Crippen LogP contribution in [0, 0.1) is 12.8 Å². The molecule has 2 aromatic carbocycles. The van der Waals surface area contributed by atoms with Crippen molar-refractivity contribution in [3.05, 3.63) is 53.6 Å². The maximum absolute atomic E-state index is 13.8. The Bertz CT molecular complexity index is 962. The fraction of sp³-hybridized carbons (Fsp3) is 0.381. The van der Waals surface area contributed by atoms with Crippen molar-refractivity contribution in [3.8, 4) is 5.75 Å². The summed E-state index contributed by atoms with van der Waals surface area (Å²) in [4.78, 5) is 13.1. The van der Waals surface area contributed by atoms with Crippen molar-refractivity contribution in [2.45, 2.75) is 31.6 Å². The molecule has 0 radical (unpaired) electrons. The molecule has 3 atom stereocenters. The summed E-state index contributed by atoms with van der Waals surface area (Å²) in [6.07, 6.45) is 0. The highest BCUT2D eigenvalue weighted by Crippen LogP contribution is 2.46. The Morgan fingerprint density at radius 1 is 1.30 bits per heavy atom. The van der Waals surface area contributed by atoms with E-state index in [9.17, 15) is 9.00 Å². The number of carbonyl (C=O) groups excluding carboxylic acids is 1. The lowest BCUT2D eigenvalue weighted by Crippen LogP contribution is -2.29. The van der Waals surface area contributed by atoms with Gasteiger partial charge in [0, 0.05) is 16.6 Å². The summed E-state index contributed by atoms with van der Waals surface area (Å²) in [5, 5.41) is 0. The van der Waals surface area contributed by atoms with Crippen LogP contribution in [0.1, 0.15) is 30.9 Å². The molecule has 0 N–H and O–H groups in total. The lowest BCUT2D eigenvalue weighted by molar-refractivity contribution is -0.148. The maximum Gasteiger partial charge on any atom is 0.309 e. The minimum Gasteiger partial charge on any atom is -0.494 e. The fourth-order valence-corrected chi connectivity index (χ4v) is 5.86. The average molecular weight is 388 g/mol. The second-order valence-corrected chi connectivity index (χ2v) is 9.03. The van der Waals surface area contributed by atoms with E-state index in [4.69, 9.17) is 9.47 Å². The Morgan fingerprint density at radius 3 is 2.63 bits per heavy atom. The third kappa shape index (κ3) is 3.72. The molecule has 0 amide bonds. The maximum atomic E-state index is 13.8. The zero-order valence-electron chi connectivity index (χ0n) is 16.1. The topological polar surface area (TPSA) is 65.0 Å². The van der Waals surface area contributed by atoms with E-state index in [0.717, 1.165) is 11.1 Å². The van der Waals surface area contributed by atoms with Gasteiger partial charge in [-0.3, -0.25) is 4.79 Å². The summed E-state index contributed by atoms with van der Waals surface area (Å²) in [6.45, 7) is 5.91. The molecule has 0 spiro atoms. The first-order valence-electron chi connectivity index (χ1n) is 9.04. The van der Waals surface area contributed by atoms with Crippen LogP contribution in [0.4, 0.5) is 5.69 Å². The van der Waals surface area contributed by atoms with Gasteiger partial charge in [0.2, 0.25) is 0 Å². The molecule has 0 aliphatic carbocycles. The van der Waals surface area contributed by atoms with Crippen LogP contribution < -0.4 is 4.74 Å². The van der Waals surface area contributed by atoms with Gasteiger partial charge in [-0.1, -0.05) is 31.2 Å². The standard InChI is InChI=1S/C21H25NO4S/c1-5-26-21(23)15(3)18-13-27(24,16-9-7-6-8-10-16)22-20-17(18)11-14(2)12-19(20)25-4/h6-12,15,18H,5,13H2,1-4H3/t15-,18+,27+/m0/s1. The molecule has 27 heavy (non-hydrogen) atoms. The fourth-order valence-electron chi connectivity index (χ4n) is 3.46. The normalized spacial score (nSPS) is 22.3. The number of benzene rings is 2. The van der Waals surface area contributed by atoms with Crippen LogP contribution in [-0.2, 0) is 19.3 Å². The zero-order valence-corrected chi connectivity index (χ0v) is 16.9. The van der Waals surface area contributed by atoms with Gasteiger partial charge in [0.05, 0.1) is 29.4 Å². The molecule has 144 valence electrons. The molecule has 0 unspecified atom stereocenters. The number of aryl methyl sites for hydroxylation is 1. The average Bonchev–Trinajstić information content (AvgIpc) is 2.67. The van der Waals surface area contributed by atoms with Crippen molar-refractivity contribution in [2.75, 3.05) is 19.5 Å². The molecule has 1 aliphatic rings. The molecule has 5 nitrogen and oxygen atoms in total. The highest BCUT2D eigenvalue weighted by Gasteiger charge is 2.37. The van der Waals surface area contributed by atoms with E-state index in [0.29, 0.717) is 22.9 Å². The number of nitrogens with zero attached hydrogens (tertiary/aromatic N) is 1. The van der Waals surface area contributed by atoms with Crippen LogP contribution in [0.2, 0.25) is 0 Å². The van der Waals surface area contributed by atoms with Crippen molar-refractivity contribution >= 4 is 21.4 Å². The summed E-state index contributed by atoms with van der Waals surface area (Å²) >= 11 is 0. The van der Waals surface area contributed by atoms with Crippen LogP contribution in [0.3, 0.4) is 0 Å². The Balaban J connectivity index is 2.22. The number of fused-ring (bicyclic) bond motifs is 1. The first-order valence-corrected chi connectivity index (χ1v) is 10.7. The zero-order chi connectivity index (χ0) is 19.6. The van der Waals surface area contributed by atoms with E-state index >= 15 is 0 Å². The van der Waals surface area contributed by atoms with Crippen molar-refractivity contribution in [1.82, 2.24) is 0 Å². The van der Waals surface area contributed by atoms with E-state index in [2.05, 4.69) is 4.36 Å². The van der Waals surface area contributed by atoms with Crippen LogP contribution in [-0.4, -0.2) is 29.6 Å². The quantitative estimate of drug-likeness (QED) is 0.711. The van der Waals surface area contributed by atoms with Crippen molar-refractivity contribution in [1.29, 1.82) is 0 Å². The molecular formula is C21H25NO4S. The number of rotatable bonds is 5. The SMILES string of the molecule is CCOC(=O)[C@@H](C)[C@H]1C[S@@](=O)(c2ccccc2)=Nc2c(OC)cc(C)cc21. The number of hydrogen-bond acceptors (Lipinski definition) is 5. The van der Waals surface area contributed by atoms with Gasteiger partial charge in [-0.05, 0) is 43.2 Å². The largest absolute Gasteiger partial charge is 0.494 e. The molecule has 1 aliphatic heterocycles. The van der Waals surface area contributed by atoms with Gasteiger partial charge >= 0.3 is 5.97 Å². The van der Waals surface area contributed by atoms with E-state index in [1.165, 1.54) is 0 Å². The van der Waals surface area contributed by atoms with Gasteiger partial charge in [-0.15, -0.1) is 0 Å². The van der Waals surface area contributed by atoms with Crippen LogP contribution >= 0.6 is 0 Å². The third-order valence-corrected chi connectivity index (χ3v) is 7.18. The summed E-state index contributed by atoms with van der Waals surface area (Å²) in [5.74, 6) is -0.135. The Hall–Kier alpha value is -2.34. The van der Waals surface area contributed by atoms with Gasteiger partial charge in [-0.2, -0.15) is 4.36 Å². The van der Waals surface area contributed by atoms with Crippen LogP contribution in [0.15, 0.2) is 51.7 Å². The number of esters is 1. The minimum atomic E-state index is -2.73. The summed E-state index contributed by atoms with van der Waals surface area (Å²) in [6, 6.07) is 13.1. The van der Waals surface area contributed by atoms with Crippen LogP contribution in [0.5, 0.6) is 5.75 Å². The molecule has 0 bridgehead atoms. The molecule has 0 aromatic heterocycles.